The van der Waals surface area contributed by atoms with Crippen LogP contribution in [0.2, 0.25) is 0 Å². The minimum absolute atomic E-state index is 0.0803. The Kier molecular flexibility index (Phi) is 5.00. The van der Waals surface area contributed by atoms with Crippen LogP contribution in [-0.4, -0.2) is 7.05 Å². The van der Waals surface area contributed by atoms with Crippen molar-refractivity contribution in [3.63, 3.8) is 0 Å². The van der Waals surface area contributed by atoms with Gasteiger partial charge in [-0.3, -0.25) is 0 Å². The SMILES string of the molecule is CNC(c1cc(Br)ccc1F)C1CCC2CCCCC2C1. The zero-order chi connectivity index (χ0) is 14.8. The Morgan fingerprint density at radius 1 is 1.14 bits per heavy atom. The molecule has 1 N–H and O–H groups in total. The lowest BCUT2D eigenvalue weighted by molar-refractivity contribution is 0.110. The zero-order valence-corrected chi connectivity index (χ0v) is 14.3. The molecule has 3 rings (SSSR count). The molecule has 116 valence electrons. The average molecular weight is 354 g/mol. The molecule has 1 aromatic rings. The number of hydrogen-bond donors (Lipinski definition) is 1. The predicted octanol–water partition coefficient (Wildman–Crippen LogP) is 5.46. The summed E-state index contributed by atoms with van der Waals surface area (Å²) in [4.78, 5) is 0. The summed E-state index contributed by atoms with van der Waals surface area (Å²) in [6.07, 6.45) is 9.46. The fraction of sp³-hybridized carbons (Fsp3) is 0.667. The second-order valence-electron chi connectivity index (χ2n) is 6.81. The van der Waals surface area contributed by atoms with E-state index in [9.17, 15) is 4.39 Å². The summed E-state index contributed by atoms with van der Waals surface area (Å²) in [6.45, 7) is 0. The van der Waals surface area contributed by atoms with Crippen molar-refractivity contribution in [1.29, 1.82) is 0 Å². The molecule has 0 radical (unpaired) electrons. The van der Waals surface area contributed by atoms with Gasteiger partial charge in [0, 0.05) is 16.1 Å². The summed E-state index contributed by atoms with van der Waals surface area (Å²) in [5.41, 5.74) is 0.825. The maximum Gasteiger partial charge on any atom is 0.128 e. The zero-order valence-electron chi connectivity index (χ0n) is 12.7. The van der Waals surface area contributed by atoms with Gasteiger partial charge in [0.05, 0.1) is 0 Å². The Morgan fingerprint density at radius 2 is 1.90 bits per heavy atom. The number of fused-ring (bicyclic) bond motifs is 1. The highest BCUT2D eigenvalue weighted by Gasteiger charge is 2.36. The molecule has 0 saturated heterocycles. The van der Waals surface area contributed by atoms with Crippen LogP contribution < -0.4 is 5.32 Å². The summed E-state index contributed by atoms with van der Waals surface area (Å²) in [6, 6.07) is 5.45. The summed E-state index contributed by atoms with van der Waals surface area (Å²) in [7, 11) is 1.97. The predicted molar refractivity (Wildman–Crippen MR) is 88.7 cm³/mol. The van der Waals surface area contributed by atoms with Crippen LogP contribution in [0, 0.1) is 23.6 Å². The maximum absolute atomic E-state index is 14.2. The molecule has 0 heterocycles. The Hall–Kier alpha value is -0.410. The number of rotatable bonds is 3. The van der Waals surface area contributed by atoms with E-state index in [4.69, 9.17) is 0 Å². The fourth-order valence-corrected chi connectivity index (χ4v) is 4.99. The molecule has 4 atom stereocenters. The van der Waals surface area contributed by atoms with Crippen LogP contribution in [0.4, 0.5) is 4.39 Å². The minimum Gasteiger partial charge on any atom is -0.313 e. The molecule has 0 aliphatic heterocycles. The van der Waals surface area contributed by atoms with Gasteiger partial charge in [0.25, 0.3) is 0 Å². The molecule has 0 aromatic heterocycles. The molecule has 2 fully saturated rings. The lowest BCUT2D eigenvalue weighted by atomic mass is 9.65. The van der Waals surface area contributed by atoms with Crippen molar-refractivity contribution in [2.24, 2.45) is 17.8 Å². The van der Waals surface area contributed by atoms with Crippen molar-refractivity contribution >= 4 is 15.9 Å². The van der Waals surface area contributed by atoms with Crippen LogP contribution in [0.3, 0.4) is 0 Å². The first-order chi connectivity index (χ1) is 10.2. The van der Waals surface area contributed by atoms with Gasteiger partial charge in [0.1, 0.15) is 5.82 Å². The number of halogens is 2. The lowest BCUT2D eigenvalue weighted by Crippen LogP contribution is -2.34. The van der Waals surface area contributed by atoms with Gasteiger partial charge in [-0.05, 0) is 62.3 Å². The largest absolute Gasteiger partial charge is 0.313 e. The minimum atomic E-state index is -0.0803. The molecule has 0 amide bonds. The third-order valence-electron chi connectivity index (χ3n) is 5.66. The van der Waals surface area contributed by atoms with Crippen molar-refractivity contribution in [3.05, 3.63) is 34.1 Å². The molecule has 21 heavy (non-hydrogen) atoms. The molecular formula is C18H25BrFN. The third kappa shape index (κ3) is 3.34. The van der Waals surface area contributed by atoms with Gasteiger partial charge in [0.15, 0.2) is 0 Å². The van der Waals surface area contributed by atoms with E-state index in [1.54, 1.807) is 12.1 Å². The quantitative estimate of drug-likeness (QED) is 0.761. The smallest absolute Gasteiger partial charge is 0.128 e. The summed E-state index contributed by atoms with van der Waals surface area (Å²) in [5, 5.41) is 3.39. The van der Waals surface area contributed by atoms with Crippen molar-refractivity contribution < 1.29 is 4.39 Å². The van der Waals surface area contributed by atoms with E-state index in [1.807, 2.05) is 13.1 Å². The average Bonchev–Trinajstić information content (AvgIpc) is 2.51. The summed E-state index contributed by atoms with van der Waals surface area (Å²) >= 11 is 3.48. The highest BCUT2D eigenvalue weighted by molar-refractivity contribution is 9.10. The number of benzene rings is 1. The van der Waals surface area contributed by atoms with E-state index in [2.05, 4.69) is 21.2 Å². The molecule has 0 spiro atoms. The van der Waals surface area contributed by atoms with Gasteiger partial charge in [-0.25, -0.2) is 4.39 Å². The first-order valence-corrected chi connectivity index (χ1v) is 9.10. The maximum atomic E-state index is 14.2. The Morgan fingerprint density at radius 3 is 2.67 bits per heavy atom. The van der Waals surface area contributed by atoms with E-state index in [0.29, 0.717) is 5.92 Å². The van der Waals surface area contributed by atoms with E-state index in [-0.39, 0.29) is 11.9 Å². The van der Waals surface area contributed by atoms with Gasteiger partial charge < -0.3 is 5.32 Å². The van der Waals surface area contributed by atoms with Crippen LogP contribution in [0.15, 0.2) is 22.7 Å². The third-order valence-corrected chi connectivity index (χ3v) is 6.15. The normalized spacial score (nSPS) is 30.7. The van der Waals surface area contributed by atoms with Crippen LogP contribution in [0.25, 0.3) is 0 Å². The first-order valence-electron chi connectivity index (χ1n) is 8.31. The summed E-state index contributed by atoms with van der Waals surface area (Å²) in [5.74, 6) is 2.31. The molecule has 1 nitrogen and oxygen atoms in total. The summed E-state index contributed by atoms with van der Waals surface area (Å²) < 4.78 is 15.2. The van der Waals surface area contributed by atoms with Crippen molar-refractivity contribution in [3.8, 4) is 0 Å². The van der Waals surface area contributed by atoms with Crippen LogP contribution in [-0.2, 0) is 0 Å². The molecule has 2 saturated carbocycles. The highest BCUT2D eigenvalue weighted by atomic mass is 79.9. The first kappa shape index (κ1) is 15.5. The van der Waals surface area contributed by atoms with Gasteiger partial charge >= 0.3 is 0 Å². The molecule has 3 heteroatoms. The molecule has 2 aliphatic carbocycles. The lowest BCUT2D eigenvalue weighted by Gasteiger charge is -2.42. The second kappa shape index (κ2) is 6.78. The molecule has 0 bridgehead atoms. The van der Waals surface area contributed by atoms with Gasteiger partial charge in [-0.2, -0.15) is 0 Å². The van der Waals surface area contributed by atoms with Crippen LogP contribution >= 0.6 is 15.9 Å². The van der Waals surface area contributed by atoms with Crippen LogP contribution in [0.5, 0.6) is 0 Å². The monoisotopic (exact) mass is 353 g/mol. The van der Waals surface area contributed by atoms with Crippen molar-refractivity contribution in [2.45, 2.75) is 51.0 Å². The van der Waals surface area contributed by atoms with Gasteiger partial charge in [-0.1, -0.05) is 41.6 Å². The fourth-order valence-electron chi connectivity index (χ4n) is 4.61. The Balaban J connectivity index is 1.78. The Labute approximate surface area is 135 Å². The van der Waals surface area contributed by atoms with E-state index in [0.717, 1.165) is 21.9 Å². The molecule has 2 aliphatic rings. The number of hydrogen-bond acceptors (Lipinski definition) is 1. The highest BCUT2D eigenvalue weighted by Crippen LogP contribution is 2.46. The van der Waals surface area contributed by atoms with E-state index >= 15 is 0 Å². The molecular weight excluding hydrogens is 329 g/mol. The number of nitrogens with one attached hydrogen (secondary N) is 1. The second-order valence-corrected chi connectivity index (χ2v) is 7.73. The van der Waals surface area contributed by atoms with Crippen molar-refractivity contribution in [1.82, 2.24) is 5.32 Å². The van der Waals surface area contributed by atoms with E-state index < -0.39 is 0 Å². The van der Waals surface area contributed by atoms with E-state index in [1.165, 1.54) is 44.9 Å². The molecule has 1 aromatic carbocycles. The van der Waals surface area contributed by atoms with Gasteiger partial charge in [-0.15, -0.1) is 0 Å². The standard InChI is InChI=1S/C18H25BrFN/c1-21-18(16-11-15(19)8-9-17(16)20)14-7-6-12-4-2-3-5-13(12)10-14/h8-9,11-14,18,21H,2-7,10H2,1H3. The molecule has 4 unspecified atom stereocenters. The Bertz CT molecular complexity index is 490. The van der Waals surface area contributed by atoms with Crippen LogP contribution in [0.1, 0.15) is 56.6 Å². The topological polar surface area (TPSA) is 12.0 Å². The van der Waals surface area contributed by atoms with Crippen molar-refractivity contribution in [2.75, 3.05) is 7.05 Å². The van der Waals surface area contributed by atoms with Gasteiger partial charge in [0.2, 0.25) is 0 Å².